The minimum absolute atomic E-state index is 0.0805. The van der Waals surface area contributed by atoms with Gasteiger partial charge in [0.2, 0.25) is 0 Å². The molecule has 2 heterocycles. The smallest absolute Gasteiger partial charge is 0.330 e. The SMILES string of the molecule is CCOC(=O)/C=C/c1c(C#N)c2ccc(C)nc2n1C1CCc2ccccc21. The van der Waals surface area contributed by atoms with Crippen LogP contribution in [0.5, 0.6) is 0 Å². The van der Waals surface area contributed by atoms with Gasteiger partial charge in [-0.05, 0) is 56.0 Å². The summed E-state index contributed by atoms with van der Waals surface area (Å²) in [5, 5.41) is 10.7. The summed E-state index contributed by atoms with van der Waals surface area (Å²) in [6.45, 7) is 4.03. The fourth-order valence-electron chi connectivity index (χ4n) is 4.03. The van der Waals surface area contributed by atoms with Crippen molar-refractivity contribution < 1.29 is 9.53 Å². The van der Waals surface area contributed by atoms with Gasteiger partial charge in [-0.1, -0.05) is 24.3 Å². The normalized spacial score (nSPS) is 15.7. The monoisotopic (exact) mass is 371 g/mol. The number of pyridine rings is 1. The molecule has 0 radical (unpaired) electrons. The van der Waals surface area contributed by atoms with E-state index in [0.29, 0.717) is 17.9 Å². The van der Waals surface area contributed by atoms with Crippen molar-refractivity contribution in [3.05, 3.63) is 70.6 Å². The lowest BCUT2D eigenvalue weighted by Gasteiger charge is -2.18. The molecule has 0 aliphatic heterocycles. The Bertz CT molecular complexity index is 1130. The van der Waals surface area contributed by atoms with Crippen LogP contribution in [0, 0.1) is 18.3 Å². The fraction of sp³-hybridized carbons (Fsp3) is 0.261. The second kappa shape index (κ2) is 7.32. The number of nitrogens with zero attached hydrogens (tertiary/aromatic N) is 3. The van der Waals surface area contributed by atoms with Crippen molar-refractivity contribution in [2.75, 3.05) is 6.61 Å². The van der Waals surface area contributed by atoms with Crippen molar-refractivity contribution >= 4 is 23.1 Å². The predicted molar refractivity (Wildman–Crippen MR) is 108 cm³/mol. The van der Waals surface area contributed by atoms with Crippen molar-refractivity contribution in [2.45, 2.75) is 32.7 Å². The van der Waals surface area contributed by atoms with Crippen molar-refractivity contribution in [1.29, 1.82) is 5.26 Å². The van der Waals surface area contributed by atoms with Crippen LogP contribution in [0.4, 0.5) is 0 Å². The summed E-state index contributed by atoms with van der Waals surface area (Å²) in [7, 11) is 0. The molecule has 5 heteroatoms. The quantitative estimate of drug-likeness (QED) is 0.506. The number of rotatable bonds is 4. The zero-order valence-corrected chi connectivity index (χ0v) is 16.0. The first kappa shape index (κ1) is 18.0. The van der Waals surface area contributed by atoms with Crippen LogP contribution in [-0.2, 0) is 16.0 Å². The highest BCUT2D eigenvalue weighted by Crippen LogP contribution is 2.39. The molecule has 2 aromatic heterocycles. The zero-order valence-electron chi connectivity index (χ0n) is 16.0. The number of hydrogen-bond donors (Lipinski definition) is 0. The molecule has 1 aliphatic carbocycles. The topological polar surface area (TPSA) is 67.9 Å². The first-order chi connectivity index (χ1) is 13.6. The summed E-state index contributed by atoms with van der Waals surface area (Å²) >= 11 is 0. The van der Waals surface area contributed by atoms with Crippen LogP contribution < -0.4 is 0 Å². The van der Waals surface area contributed by atoms with Crippen LogP contribution in [0.15, 0.2) is 42.5 Å². The molecular formula is C23H21N3O2. The maximum atomic E-state index is 11.9. The molecular weight excluding hydrogens is 350 g/mol. The number of carbonyl (C=O) groups excluding carboxylic acids is 1. The van der Waals surface area contributed by atoms with Gasteiger partial charge in [-0.3, -0.25) is 0 Å². The van der Waals surface area contributed by atoms with E-state index in [1.54, 1.807) is 13.0 Å². The highest BCUT2D eigenvalue weighted by molar-refractivity contribution is 5.92. The third-order valence-electron chi connectivity index (χ3n) is 5.22. The molecule has 1 atom stereocenters. The predicted octanol–water partition coefficient (Wildman–Crippen LogP) is 4.33. The van der Waals surface area contributed by atoms with Gasteiger partial charge in [-0.15, -0.1) is 0 Å². The summed E-state index contributed by atoms with van der Waals surface area (Å²) in [5.74, 6) is -0.417. The summed E-state index contributed by atoms with van der Waals surface area (Å²) in [6.07, 6.45) is 5.00. The number of carbonyl (C=O) groups is 1. The molecule has 5 nitrogen and oxygen atoms in total. The van der Waals surface area contributed by atoms with Crippen molar-refractivity contribution in [2.24, 2.45) is 0 Å². The number of ether oxygens (including phenoxy) is 1. The number of nitriles is 1. The molecule has 0 bridgehead atoms. The van der Waals surface area contributed by atoms with Gasteiger partial charge in [0.15, 0.2) is 0 Å². The molecule has 0 N–H and O–H groups in total. The average Bonchev–Trinajstić information content (AvgIpc) is 3.24. The van der Waals surface area contributed by atoms with E-state index in [1.807, 2.05) is 25.1 Å². The van der Waals surface area contributed by atoms with Crippen LogP contribution in [0.2, 0.25) is 0 Å². The van der Waals surface area contributed by atoms with Gasteiger partial charge in [0, 0.05) is 17.2 Å². The van der Waals surface area contributed by atoms with Crippen LogP contribution in [0.1, 0.15) is 47.5 Å². The number of hydrogen-bond acceptors (Lipinski definition) is 4. The second-order valence-electron chi connectivity index (χ2n) is 6.90. The Morgan fingerprint density at radius 3 is 2.96 bits per heavy atom. The minimum atomic E-state index is -0.417. The Labute approximate surface area is 163 Å². The van der Waals surface area contributed by atoms with E-state index in [4.69, 9.17) is 9.72 Å². The minimum Gasteiger partial charge on any atom is -0.463 e. The lowest BCUT2D eigenvalue weighted by Crippen LogP contribution is -2.10. The summed E-state index contributed by atoms with van der Waals surface area (Å²) in [6, 6.07) is 14.6. The van der Waals surface area contributed by atoms with E-state index >= 15 is 0 Å². The molecule has 0 saturated heterocycles. The van der Waals surface area contributed by atoms with Gasteiger partial charge >= 0.3 is 5.97 Å². The van der Waals surface area contributed by atoms with Gasteiger partial charge in [-0.2, -0.15) is 5.26 Å². The molecule has 140 valence electrons. The first-order valence-electron chi connectivity index (χ1n) is 9.48. The van der Waals surface area contributed by atoms with Gasteiger partial charge in [0.05, 0.1) is 23.9 Å². The van der Waals surface area contributed by atoms with Crippen LogP contribution >= 0.6 is 0 Å². The lowest BCUT2D eigenvalue weighted by atomic mass is 10.1. The molecule has 1 aliphatic rings. The number of esters is 1. The maximum Gasteiger partial charge on any atom is 0.330 e. The molecule has 1 aromatic carbocycles. The second-order valence-corrected chi connectivity index (χ2v) is 6.90. The summed E-state index contributed by atoms with van der Waals surface area (Å²) in [5.41, 5.74) is 5.47. The van der Waals surface area contributed by atoms with Crippen molar-refractivity contribution in [3.8, 4) is 6.07 Å². The van der Waals surface area contributed by atoms with Crippen LogP contribution in [-0.4, -0.2) is 22.1 Å². The molecule has 0 saturated carbocycles. The van der Waals surface area contributed by atoms with Crippen molar-refractivity contribution in [1.82, 2.24) is 9.55 Å². The van der Waals surface area contributed by atoms with E-state index in [0.717, 1.165) is 29.6 Å². The molecule has 0 fully saturated rings. The van der Waals surface area contributed by atoms with E-state index in [1.165, 1.54) is 17.2 Å². The van der Waals surface area contributed by atoms with Crippen LogP contribution in [0.25, 0.3) is 17.1 Å². The third kappa shape index (κ3) is 2.97. The lowest BCUT2D eigenvalue weighted by molar-refractivity contribution is -0.137. The van der Waals surface area contributed by atoms with Gasteiger partial charge < -0.3 is 9.30 Å². The van der Waals surface area contributed by atoms with Gasteiger partial charge in [0.1, 0.15) is 11.7 Å². The Balaban J connectivity index is 1.96. The van der Waals surface area contributed by atoms with Crippen molar-refractivity contribution in [3.63, 3.8) is 0 Å². The Hall–Kier alpha value is -3.39. The molecule has 0 amide bonds. The standard InChI is InChI=1S/C23H21N3O2/c1-3-28-22(27)13-12-21-19(14-24)18-10-8-15(2)25-23(18)26(21)20-11-9-16-6-4-5-7-17(16)20/h4-8,10,12-13,20H,3,9,11H2,1-2H3/b13-12+. The highest BCUT2D eigenvalue weighted by Gasteiger charge is 2.29. The fourth-order valence-corrected chi connectivity index (χ4v) is 4.03. The highest BCUT2D eigenvalue weighted by atomic mass is 16.5. The Morgan fingerprint density at radius 2 is 2.18 bits per heavy atom. The zero-order chi connectivity index (χ0) is 19.7. The number of fused-ring (bicyclic) bond motifs is 2. The Kier molecular flexibility index (Phi) is 4.70. The van der Waals surface area contributed by atoms with Gasteiger partial charge in [-0.25, -0.2) is 9.78 Å². The van der Waals surface area contributed by atoms with E-state index in [-0.39, 0.29) is 6.04 Å². The van der Waals surface area contributed by atoms with E-state index in [9.17, 15) is 10.1 Å². The molecule has 28 heavy (non-hydrogen) atoms. The largest absolute Gasteiger partial charge is 0.463 e. The number of benzene rings is 1. The average molecular weight is 371 g/mol. The summed E-state index contributed by atoms with van der Waals surface area (Å²) in [4.78, 5) is 16.6. The molecule has 4 rings (SSSR count). The first-order valence-corrected chi connectivity index (χ1v) is 9.48. The number of aryl methyl sites for hydroxylation is 2. The molecule has 0 spiro atoms. The molecule has 1 unspecified atom stereocenters. The van der Waals surface area contributed by atoms with Crippen LogP contribution in [0.3, 0.4) is 0 Å². The maximum absolute atomic E-state index is 11.9. The van der Waals surface area contributed by atoms with Gasteiger partial charge in [0.25, 0.3) is 0 Å². The summed E-state index contributed by atoms with van der Waals surface area (Å²) < 4.78 is 7.13. The molecule has 3 aromatic rings. The third-order valence-corrected chi connectivity index (χ3v) is 5.22. The Morgan fingerprint density at radius 1 is 1.36 bits per heavy atom. The van der Waals surface area contributed by atoms with E-state index in [2.05, 4.69) is 28.8 Å². The number of aromatic nitrogens is 2. The van der Waals surface area contributed by atoms with E-state index < -0.39 is 5.97 Å².